The van der Waals surface area contributed by atoms with Gasteiger partial charge in [0, 0.05) is 11.7 Å². The number of fused-ring (bicyclic) bond motifs is 5. The molecule has 0 spiro atoms. The minimum absolute atomic E-state index is 0. The Balaban J connectivity index is 0.00000144. The molecule has 1 amide bonds. The molecule has 1 aromatic carbocycles. The summed E-state index contributed by atoms with van der Waals surface area (Å²) in [7, 11) is 0. The molecule has 5 atom stereocenters. The van der Waals surface area contributed by atoms with Gasteiger partial charge >= 0.3 is 0 Å². The molecule has 0 heterocycles. The van der Waals surface area contributed by atoms with Crippen molar-refractivity contribution in [1.82, 2.24) is 5.32 Å². The van der Waals surface area contributed by atoms with Gasteiger partial charge in [0.2, 0.25) is 5.91 Å². The summed E-state index contributed by atoms with van der Waals surface area (Å²) in [5, 5.41) is 6.49. The van der Waals surface area contributed by atoms with E-state index in [9.17, 15) is 4.79 Å². The van der Waals surface area contributed by atoms with Crippen molar-refractivity contribution in [2.75, 3.05) is 11.9 Å². The topological polar surface area (TPSA) is 41.1 Å². The van der Waals surface area contributed by atoms with E-state index in [2.05, 4.69) is 10.6 Å². The summed E-state index contributed by atoms with van der Waals surface area (Å²) in [4.78, 5) is 12.2. The number of benzene rings is 1. The molecule has 5 unspecified atom stereocenters. The van der Waals surface area contributed by atoms with E-state index in [1.807, 2.05) is 30.3 Å². The molecule has 3 aliphatic carbocycles. The zero-order valence-corrected chi connectivity index (χ0v) is 13.6. The number of carbonyl (C=O) groups excluding carboxylic acids is 1. The molecule has 3 fully saturated rings. The van der Waals surface area contributed by atoms with Gasteiger partial charge in [-0.1, -0.05) is 24.6 Å². The molecule has 0 aromatic heterocycles. The normalized spacial score (nSPS) is 34.8. The van der Waals surface area contributed by atoms with Gasteiger partial charge in [-0.05, 0) is 61.5 Å². The summed E-state index contributed by atoms with van der Waals surface area (Å²) < 4.78 is 0. The fraction of sp³-hybridized carbons (Fsp3) is 0.611. The third-order valence-corrected chi connectivity index (χ3v) is 6.00. The molecule has 1 aromatic rings. The molecule has 3 aliphatic rings. The van der Waals surface area contributed by atoms with E-state index in [4.69, 9.17) is 0 Å². The summed E-state index contributed by atoms with van der Waals surface area (Å²) in [6.45, 7) is 0.381. The van der Waals surface area contributed by atoms with Crippen LogP contribution in [0.3, 0.4) is 0 Å². The first-order chi connectivity index (χ1) is 10.3. The van der Waals surface area contributed by atoms with Crippen LogP contribution in [0, 0.1) is 23.7 Å². The molecule has 3 saturated carbocycles. The van der Waals surface area contributed by atoms with Gasteiger partial charge in [0.15, 0.2) is 0 Å². The van der Waals surface area contributed by atoms with Crippen molar-refractivity contribution in [2.24, 2.45) is 23.7 Å². The van der Waals surface area contributed by atoms with Gasteiger partial charge in [0.05, 0.1) is 6.54 Å². The van der Waals surface area contributed by atoms with E-state index in [-0.39, 0.29) is 18.3 Å². The second-order valence-corrected chi connectivity index (χ2v) is 7.05. The lowest BCUT2D eigenvalue weighted by molar-refractivity contribution is -0.120. The van der Waals surface area contributed by atoms with E-state index in [1.54, 1.807) is 0 Å². The standard InChI is InChI=1S/C18H24N2O.ClH/c21-18(11-19-13-5-2-1-3-6-13)20-17-10-12-9-16(17)15-8-4-7-14(12)15;/h1-3,5-6,12,14-17,19H,4,7-11H2,(H,20,21);1H. The van der Waals surface area contributed by atoms with E-state index in [0.29, 0.717) is 12.6 Å². The van der Waals surface area contributed by atoms with Gasteiger partial charge in [-0.25, -0.2) is 0 Å². The molecule has 2 N–H and O–H groups in total. The molecule has 2 bridgehead atoms. The fourth-order valence-corrected chi connectivity index (χ4v) is 5.23. The highest BCUT2D eigenvalue weighted by Gasteiger charge is 2.53. The third-order valence-electron chi connectivity index (χ3n) is 6.00. The lowest BCUT2D eigenvalue weighted by Crippen LogP contribution is -2.44. The van der Waals surface area contributed by atoms with E-state index < -0.39 is 0 Å². The van der Waals surface area contributed by atoms with Crippen molar-refractivity contribution >= 4 is 24.0 Å². The number of nitrogens with one attached hydrogen (secondary N) is 2. The smallest absolute Gasteiger partial charge is 0.239 e. The lowest BCUT2D eigenvalue weighted by atomic mass is 9.79. The number of para-hydroxylation sites is 1. The number of hydrogen-bond acceptors (Lipinski definition) is 2. The Bertz CT molecular complexity index is 521. The second kappa shape index (κ2) is 6.49. The SMILES string of the molecule is Cl.O=C(CNc1ccccc1)NC1CC2CC1C1CCCC21. The van der Waals surface area contributed by atoms with Crippen molar-refractivity contribution in [3.63, 3.8) is 0 Å². The number of rotatable bonds is 4. The van der Waals surface area contributed by atoms with Crippen molar-refractivity contribution in [3.8, 4) is 0 Å². The van der Waals surface area contributed by atoms with Crippen molar-refractivity contribution in [2.45, 2.75) is 38.1 Å². The van der Waals surface area contributed by atoms with Gasteiger partial charge in [0.25, 0.3) is 0 Å². The van der Waals surface area contributed by atoms with Crippen molar-refractivity contribution in [3.05, 3.63) is 30.3 Å². The average molecular weight is 321 g/mol. The maximum atomic E-state index is 12.2. The van der Waals surface area contributed by atoms with Crippen LogP contribution >= 0.6 is 12.4 Å². The molecule has 4 rings (SSSR count). The molecule has 4 heteroatoms. The number of carbonyl (C=O) groups is 1. The van der Waals surface area contributed by atoms with Crippen LogP contribution < -0.4 is 10.6 Å². The van der Waals surface area contributed by atoms with Gasteiger partial charge < -0.3 is 10.6 Å². The third kappa shape index (κ3) is 2.83. The summed E-state index contributed by atoms with van der Waals surface area (Å²) in [6.07, 6.45) is 6.86. The zero-order chi connectivity index (χ0) is 14.2. The predicted molar refractivity (Wildman–Crippen MR) is 91.2 cm³/mol. The molecule has 0 radical (unpaired) electrons. The Morgan fingerprint density at radius 1 is 1.05 bits per heavy atom. The first-order valence-corrected chi connectivity index (χ1v) is 8.39. The lowest BCUT2D eigenvalue weighted by Gasteiger charge is -2.32. The van der Waals surface area contributed by atoms with Crippen LogP contribution in [-0.2, 0) is 4.79 Å². The fourth-order valence-electron chi connectivity index (χ4n) is 5.23. The molecule has 0 saturated heterocycles. The van der Waals surface area contributed by atoms with E-state index in [1.165, 1.54) is 32.1 Å². The molecule has 3 nitrogen and oxygen atoms in total. The predicted octanol–water partition coefficient (Wildman–Crippen LogP) is 3.46. The highest BCUT2D eigenvalue weighted by atomic mass is 35.5. The van der Waals surface area contributed by atoms with Crippen LogP contribution in [-0.4, -0.2) is 18.5 Å². The van der Waals surface area contributed by atoms with Crippen molar-refractivity contribution < 1.29 is 4.79 Å². The quantitative estimate of drug-likeness (QED) is 0.892. The van der Waals surface area contributed by atoms with E-state index >= 15 is 0 Å². The monoisotopic (exact) mass is 320 g/mol. The highest BCUT2D eigenvalue weighted by molar-refractivity contribution is 5.85. The van der Waals surface area contributed by atoms with E-state index in [0.717, 1.165) is 29.4 Å². The summed E-state index contributed by atoms with van der Waals surface area (Å²) in [5.74, 6) is 3.71. The van der Waals surface area contributed by atoms with Gasteiger partial charge in [-0.15, -0.1) is 12.4 Å². The summed E-state index contributed by atoms with van der Waals surface area (Å²) >= 11 is 0. The minimum atomic E-state index is 0. The molecular formula is C18H25ClN2O. The molecule has 22 heavy (non-hydrogen) atoms. The molecular weight excluding hydrogens is 296 g/mol. The first-order valence-electron chi connectivity index (χ1n) is 8.39. The van der Waals surface area contributed by atoms with Gasteiger partial charge in [0.1, 0.15) is 0 Å². The number of halogens is 1. The second-order valence-electron chi connectivity index (χ2n) is 7.05. The number of hydrogen-bond donors (Lipinski definition) is 2. The first kappa shape index (κ1) is 15.7. The zero-order valence-electron chi connectivity index (χ0n) is 12.8. The largest absolute Gasteiger partial charge is 0.376 e. The Labute approximate surface area is 138 Å². The van der Waals surface area contributed by atoms with Crippen LogP contribution in [0.2, 0.25) is 0 Å². The molecule has 120 valence electrons. The van der Waals surface area contributed by atoms with Crippen molar-refractivity contribution in [1.29, 1.82) is 0 Å². The van der Waals surface area contributed by atoms with Crippen LogP contribution in [0.4, 0.5) is 5.69 Å². The summed E-state index contributed by atoms with van der Waals surface area (Å²) in [6, 6.07) is 10.4. The van der Waals surface area contributed by atoms with Crippen LogP contribution in [0.5, 0.6) is 0 Å². The van der Waals surface area contributed by atoms with Crippen LogP contribution in [0.15, 0.2) is 30.3 Å². The van der Waals surface area contributed by atoms with Gasteiger partial charge in [-0.2, -0.15) is 0 Å². The average Bonchev–Trinajstić information content (AvgIpc) is 3.18. The number of anilines is 1. The van der Waals surface area contributed by atoms with Crippen LogP contribution in [0.25, 0.3) is 0 Å². The Morgan fingerprint density at radius 3 is 2.64 bits per heavy atom. The number of amides is 1. The Morgan fingerprint density at radius 2 is 1.82 bits per heavy atom. The summed E-state index contributed by atoms with van der Waals surface area (Å²) in [5.41, 5.74) is 1.01. The Kier molecular flexibility index (Phi) is 4.62. The molecule has 0 aliphatic heterocycles. The Hall–Kier alpha value is -1.22. The maximum Gasteiger partial charge on any atom is 0.239 e. The minimum Gasteiger partial charge on any atom is -0.376 e. The highest BCUT2D eigenvalue weighted by Crippen LogP contribution is 2.58. The van der Waals surface area contributed by atoms with Gasteiger partial charge in [-0.3, -0.25) is 4.79 Å². The van der Waals surface area contributed by atoms with Crippen LogP contribution in [0.1, 0.15) is 32.1 Å². The maximum absolute atomic E-state index is 12.2.